The van der Waals surface area contributed by atoms with Gasteiger partial charge in [0.15, 0.2) is 5.16 Å². The normalized spacial score (nSPS) is 10.7. The molecule has 5 nitrogen and oxygen atoms in total. The van der Waals surface area contributed by atoms with Crippen LogP contribution in [-0.2, 0) is 13.5 Å². The maximum Gasteiger partial charge on any atom is 0.174 e. The van der Waals surface area contributed by atoms with E-state index < -0.39 is 0 Å². The van der Waals surface area contributed by atoms with Crippen LogP contribution in [0.3, 0.4) is 0 Å². The van der Waals surface area contributed by atoms with Crippen LogP contribution in [-0.4, -0.2) is 26.1 Å². The van der Waals surface area contributed by atoms with Crippen LogP contribution in [0.1, 0.15) is 26.1 Å². The maximum absolute atomic E-state index is 4.53. The predicted molar refractivity (Wildman–Crippen MR) is 77.5 cm³/mol. The summed E-state index contributed by atoms with van der Waals surface area (Å²) in [4.78, 5) is 13.3. The van der Waals surface area contributed by atoms with Gasteiger partial charge in [-0.05, 0) is 18.2 Å². The lowest BCUT2D eigenvalue weighted by Gasteiger charge is -2.08. The molecule has 102 valence electrons. The molecule has 6 heteroatoms. The number of nitrogens with zero attached hydrogens (tertiary/aromatic N) is 4. The van der Waals surface area contributed by atoms with Gasteiger partial charge in [0.25, 0.3) is 0 Å². The molecule has 0 unspecified atom stereocenters. The Balaban J connectivity index is 2.21. The SMILES string of the molecule is CCCNc1cc(Sc2nccn2C)nc(CC)n1. The predicted octanol–water partition coefficient (Wildman–Crippen LogP) is 2.75. The fourth-order valence-corrected chi connectivity index (χ4v) is 2.40. The molecule has 0 saturated carbocycles. The summed E-state index contributed by atoms with van der Waals surface area (Å²) in [5.74, 6) is 1.75. The Hall–Kier alpha value is -1.56. The topological polar surface area (TPSA) is 55.6 Å². The number of aromatic nitrogens is 4. The standard InChI is InChI=1S/C13H19N5S/c1-4-6-14-11-9-12(17-10(5-2)16-11)19-13-15-7-8-18(13)3/h7-9H,4-6H2,1-3H3,(H,14,16,17). The lowest BCUT2D eigenvalue weighted by atomic mass is 10.4. The Morgan fingerprint density at radius 2 is 2.16 bits per heavy atom. The van der Waals surface area contributed by atoms with E-state index in [1.54, 1.807) is 18.0 Å². The molecule has 0 amide bonds. The van der Waals surface area contributed by atoms with Crippen LogP contribution in [0.5, 0.6) is 0 Å². The van der Waals surface area contributed by atoms with Gasteiger partial charge in [0, 0.05) is 38.5 Å². The van der Waals surface area contributed by atoms with Gasteiger partial charge in [0.2, 0.25) is 0 Å². The van der Waals surface area contributed by atoms with E-state index in [4.69, 9.17) is 0 Å². The molecular formula is C13H19N5S. The van der Waals surface area contributed by atoms with Crippen molar-refractivity contribution in [1.82, 2.24) is 19.5 Å². The van der Waals surface area contributed by atoms with E-state index in [-0.39, 0.29) is 0 Å². The number of rotatable bonds is 6. The summed E-state index contributed by atoms with van der Waals surface area (Å²) in [7, 11) is 1.98. The van der Waals surface area contributed by atoms with Gasteiger partial charge in [-0.15, -0.1) is 0 Å². The van der Waals surface area contributed by atoms with Gasteiger partial charge in [-0.25, -0.2) is 15.0 Å². The third-order valence-corrected chi connectivity index (χ3v) is 3.59. The average Bonchev–Trinajstić information content (AvgIpc) is 2.81. The van der Waals surface area contributed by atoms with Gasteiger partial charge >= 0.3 is 0 Å². The van der Waals surface area contributed by atoms with E-state index in [1.807, 2.05) is 23.9 Å². The fourth-order valence-electron chi connectivity index (χ4n) is 1.57. The first kappa shape index (κ1) is 13.9. The van der Waals surface area contributed by atoms with Crippen LogP contribution < -0.4 is 5.32 Å². The summed E-state index contributed by atoms with van der Waals surface area (Å²) < 4.78 is 1.98. The van der Waals surface area contributed by atoms with Crippen molar-refractivity contribution in [3.05, 3.63) is 24.3 Å². The number of imidazole rings is 1. The van der Waals surface area contributed by atoms with E-state index >= 15 is 0 Å². The zero-order chi connectivity index (χ0) is 13.7. The largest absolute Gasteiger partial charge is 0.370 e. The molecule has 0 bridgehead atoms. The van der Waals surface area contributed by atoms with Crippen LogP contribution in [0.25, 0.3) is 0 Å². The summed E-state index contributed by atoms with van der Waals surface area (Å²) >= 11 is 1.56. The number of hydrogen-bond donors (Lipinski definition) is 1. The minimum absolute atomic E-state index is 0.829. The van der Waals surface area contributed by atoms with Gasteiger partial charge in [-0.3, -0.25) is 0 Å². The summed E-state index contributed by atoms with van der Waals surface area (Å²) in [6.07, 6.45) is 5.63. The molecule has 1 N–H and O–H groups in total. The molecule has 2 heterocycles. The molecular weight excluding hydrogens is 258 g/mol. The average molecular weight is 277 g/mol. The highest BCUT2D eigenvalue weighted by Gasteiger charge is 2.07. The van der Waals surface area contributed by atoms with Crippen LogP contribution in [0.15, 0.2) is 28.6 Å². The molecule has 2 rings (SSSR count). The van der Waals surface area contributed by atoms with Crippen LogP contribution >= 0.6 is 11.8 Å². The first-order valence-corrected chi connectivity index (χ1v) is 7.31. The molecule has 0 aromatic carbocycles. The molecule has 0 aliphatic heterocycles. The number of aryl methyl sites for hydroxylation is 2. The molecule has 2 aromatic rings. The van der Waals surface area contributed by atoms with Crippen molar-refractivity contribution in [3.8, 4) is 0 Å². The minimum Gasteiger partial charge on any atom is -0.370 e. The molecule has 0 saturated heterocycles. The Morgan fingerprint density at radius 3 is 2.79 bits per heavy atom. The number of nitrogens with one attached hydrogen (secondary N) is 1. The van der Waals surface area contributed by atoms with Crippen molar-refractivity contribution in [2.45, 2.75) is 36.9 Å². The fraction of sp³-hybridized carbons (Fsp3) is 0.462. The van der Waals surface area contributed by atoms with Gasteiger partial charge < -0.3 is 9.88 Å². The summed E-state index contributed by atoms with van der Waals surface area (Å²) in [5.41, 5.74) is 0. The zero-order valence-electron chi connectivity index (χ0n) is 11.6. The third-order valence-electron chi connectivity index (χ3n) is 2.59. The lowest BCUT2D eigenvalue weighted by Crippen LogP contribution is -2.05. The first-order valence-electron chi connectivity index (χ1n) is 6.50. The van der Waals surface area contributed by atoms with Gasteiger partial charge in [0.1, 0.15) is 16.7 Å². The second kappa shape index (κ2) is 6.56. The molecule has 0 aliphatic rings. The van der Waals surface area contributed by atoms with Crippen molar-refractivity contribution in [1.29, 1.82) is 0 Å². The molecule has 0 spiro atoms. The Labute approximate surface area is 117 Å². The van der Waals surface area contributed by atoms with Crippen LogP contribution in [0.2, 0.25) is 0 Å². The summed E-state index contributed by atoms with van der Waals surface area (Å²) in [5, 5.41) is 5.17. The van der Waals surface area contributed by atoms with Crippen molar-refractivity contribution < 1.29 is 0 Å². The highest BCUT2D eigenvalue weighted by Crippen LogP contribution is 2.25. The van der Waals surface area contributed by atoms with E-state index in [0.29, 0.717) is 0 Å². The monoisotopic (exact) mass is 277 g/mol. The maximum atomic E-state index is 4.53. The summed E-state index contributed by atoms with van der Waals surface area (Å²) in [6.45, 7) is 5.12. The minimum atomic E-state index is 0.829. The van der Waals surface area contributed by atoms with Gasteiger partial charge in [0.05, 0.1) is 0 Å². The second-order valence-electron chi connectivity index (χ2n) is 4.21. The van der Waals surface area contributed by atoms with Gasteiger partial charge in [-0.1, -0.05) is 13.8 Å². The number of anilines is 1. The Bertz CT molecular complexity index is 538. The van der Waals surface area contributed by atoms with Gasteiger partial charge in [-0.2, -0.15) is 0 Å². The van der Waals surface area contributed by atoms with Crippen molar-refractivity contribution in [3.63, 3.8) is 0 Å². The van der Waals surface area contributed by atoms with Crippen molar-refractivity contribution in [2.75, 3.05) is 11.9 Å². The molecule has 0 aliphatic carbocycles. The lowest BCUT2D eigenvalue weighted by molar-refractivity contribution is 0.786. The van der Waals surface area contributed by atoms with Crippen LogP contribution in [0, 0.1) is 0 Å². The van der Waals surface area contributed by atoms with E-state index in [0.717, 1.165) is 41.2 Å². The molecule has 0 atom stereocenters. The van der Waals surface area contributed by atoms with E-state index in [2.05, 4.69) is 34.1 Å². The highest BCUT2D eigenvalue weighted by molar-refractivity contribution is 7.99. The van der Waals surface area contributed by atoms with E-state index in [9.17, 15) is 0 Å². The zero-order valence-corrected chi connectivity index (χ0v) is 12.4. The molecule has 2 aromatic heterocycles. The van der Waals surface area contributed by atoms with Crippen molar-refractivity contribution in [2.24, 2.45) is 7.05 Å². The number of hydrogen-bond acceptors (Lipinski definition) is 5. The molecule has 19 heavy (non-hydrogen) atoms. The first-order chi connectivity index (χ1) is 9.22. The molecule has 0 fully saturated rings. The third kappa shape index (κ3) is 3.70. The van der Waals surface area contributed by atoms with E-state index in [1.165, 1.54) is 0 Å². The summed E-state index contributed by atoms with van der Waals surface area (Å²) in [6, 6.07) is 1.98. The smallest absolute Gasteiger partial charge is 0.174 e. The second-order valence-corrected chi connectivity index (χ2v) is 5.20. The highest BCUT2D eigenvalue weighted by atomic mass is 32.2. The molecule has 0 radical (unpaired) electrons. The Morgan fingerprint density at radius 1 is 1.32 bits per heavy atom. The van der Waals surface area contributed by atoms with Crippen molar-refractivity contribution >= 4 is 17.6 Å². The quantitative estimate of drug-likeness (QED) is 0.823. The Kier molecular flexibility index (Phi) is 4.79. The van der Waals surface area contributed by atoms with Crippen LogP contribution in [0.4, 0.5) is 5.82 Å².